The summed E-state index contributed by atoms with van der Waals surface area (Å²) in [6.07, 6.45) is 3.20. The van der Waals surface area contributed by atoms with Crippen LogP contribution >= 0.6 is 0 Å². The summed E-state index contributed by atoms with van der Waals surface area (Å²) in [6, 6.07) is 0.502. The summed E-state index contributed by atoms with van der Waals surface area (Å²) in [5, 5.41) is 6.49. The van der Waals surface area contributed by atoms with Crippen molar-refractivity contribution < 1.29 is 4.79 Å². The lowest BCUT2D eigenvalue weighted by atomic mass is 9.91. The van der Waals surface area contributed by atoms with Crippen molar-refractivity contribution in [3.05, 3.63) is 0 Å². The van der Waals surface area contributed by atoms with Gasteiger partial charge < -0.3 is 15.5 Å². The molecule has 2 atom stereocenters. The third kappa shape index (κ3) is 6.71. The van der Waals surface area contributed by atoms with Crippen LogP contribution in [-0.2, 0) is 4.79 Å². The Morgan fingerprint density at radius 3 is 2.75 bits per heavy atom. The van der Waals surface area contributed by atoms with E-state index in [1.807, 2.05) is 0 Å². The fraction of sp³-hybridized carbons (Fsp3) is 0.938. The minimum atomic E-state index is 0.164. The number of hydrogen-bond donors (Lipinski definition) is 2. The molecular weight excluding hydrogens is 250 g/mol. The molecule has 1 heterocycles. The van der Waals surface area contributed by atoms with Crippen LogP contribution in [0.5, 0.6) is 0 Å². The second-order valence-corrected chi connectivity index (χ2v) is 6.49. The molecule has 0 saturated carbocycles. The highest BCUT2D eigenvalue weighted by molar-refractivity contribution is 5.76. The van der Waals surface area contributed by atoms with Crippen LogP contribution in [0.4, 0.5) is 0 Å². The van der Waals surface area contributed by atoms with Gasteiger partial charge in [-0.25, -0.2) is 0 Å². The van der Waals surface area contributed by atoms with Gasteiger partial charge in [-0.1, -0.05) is 20.8 Å². The molecule has 0 aromatic rings. The van der Waals surface area contributed by atoms with Crippen LogP contribution in [0, 0.1) is 11.8 Å². The van der Waals surface area contributed by atoms with Crippen LogP contribution < -0.4 is 10.6 Å². The van der Waals surface area contributed by atoms with Gasteiger partial charge in [0.15, 0.2) is 0 Å². The Bertz CT molecular complexity index is 281. The minimum absolute atomic E-state index is 0.164. The first-order chi connectivity index (χ1) is 9.52. The van der Waals surface area contributed by atoms with Crippen molar-refractivity contribution in [2.24, 2.45) is 11.8 Å². The molecule has 0 aliphatic carbocycles. The van der Waals surface area contributed by atoms with Crippen LogP contribution in [0.1, 0.15) is 47.0 Å². The molecule has 1 rings (SSSR count). The van der Waals surface area contributed by atoms with Crippen LogP contribution in [0.3, 0.4) is 0 Å². The Morgan fingerprint density at radius 1 is 1.35 bits per heavy atom. The third-order valence-corrected chi connectivity index (χ3v) is 4.22. The standard InChI is InChI=1S/C16H33N3O/c1-5-19-10-6-7-15(12-19)14(4)17-9-8-16(20)18-11-13(2)3/h13-15,17H,5-12H2,1-4H3,(H,18,20). The zero-order valence-corrected chi connectivity index (χ0v) is 13.7. The molecule has 4 heteroatoms. The Kier molecular flexibility index (Phi) is 8.15. The summed E-state index contributed by atoms with van der Waals surface area (Å²) in [7, 11) is 0. The molecule has 0 aromatic heterocycles. The molecule has 1 aliphatic heterocycles. The first kappa shape index (κ1) is 17.4. The maximum Gasteiger partial charge on any atom is 0.221 e. The Morgan fingerprint density at radius 2 is 2.10 bits per heavy atom. The summed E-state index contributed by atoms with van der Waals surface area (Å²) in [4.78, 5) is 14.2. The number of nitrogens with one attached hydrogen (secondary N) is 2. The molecule has 1 aliphatic rings. The SMILES string of the molecule is CCN1CCCC(C(C)NCCC(=O)NCC(C)C)C1. The zero-order chi connectivity index (χ0) is 15.0. The Hall–Kier alpha value is -0.610. The van der Waals surface area contributed by atoms with Crippen LogP contribution in [0.25, 0.3) is 0 Å². The zero-order valence-electron chi connectivity index (χ0n) is 13.7. The van der Waals surface area contributed by atoms with Gasteiger partial charge in [0.05, 0.1) is 0 Å². The topological polar surface area (TPSA) is 44.4 Å². The van der Waals surface area contributed by atoms with Crippen molar-refractivity contribution in [2.75, 3.05) is 32.7 Å². The van der Waals surface area contributed by atoms with Gasteiger partial charge in [-0.3, -0.25) is 4.79 Å². The van der Waals surface area contributed by atoms with Gasteiger partial charge in [-0.2, -0.15) is 0 Å². The molecule has 1 fully saturated rings. The number of piperidine rings is 1. The largest absolute Gasteiger partial charge is 0.356 e. The number of carbonyl (C=O) groups is 1. The highest BCUT2D eigenvalue weighted by Gasteiger charge is 2.23. The summed E-state index contributed by atoms with van der Waals surface area (Å²) < 4.78 is 0. The molecule has 0 aromatic carbocycles. The quantitative estimate of drug-likeness (QED) is 0.714. The smallest absolute Gasteiger partial charge is 0.221 e. The lowest BCUT2D eigenvalue weighted by Crippen LogP contribution is -2.45. The van der Waals surface area contributed by atoms with Gasteiger partial charge in [-0.15, -0.1) is 0 Å². The fourth-order valence-corrected chi connectivity index (χ4v) is 2.77. The van der Waals surface area contributed by atoms with E-state index in [1.54, 1.807) is 0 Å². The molecule has 1 amide bonds. The summed E-state index contributed by atoms with van der Waals surface area (Å²) in [5.41, 5.74) is 0. The summed E-state index contributed by atoms with van der Waals surface area (Å²) in [6.45, 7) is 13.9. The van der Waals surface area contributed by atoms with E-state index in [1.165, 1.54) is 25.9 Å². The van der Waals surface area contributed by atoms with E-state index in [-0.39, 0.29) is 5.91 Å². The first-order valence-corrected chi connectivity index (χ1v) is 8.25. The van der Waals surface area contributed by atoms with Crippen molar-refractivity contribution >= 4 is 5.91 Å². The van der Waals surface area contributed by atoms with Crippen molar-refractivity contribution in [2.45, 2.75) is 53.0 Å². The summed E-state index contributed by atoms with van der Waals surface area (Å²) in [5.74, 6) is 1.41. The predicted octanol–water partition coefficient (Wildman–Crippen LogP) is 1.86. The van der Waals surface area contributed by atoms with Crippen LogP contribution in [0.15, 0.2) is 0 Å². The monoisotopic (exact) mass is 283 g/mol. The maximum atomic E-state index is 11.6. The molecular formula is C16H33N3O. The highest BCUT2D eigenvalue weighted by Crippen LogP contribution is 2.19. The van der Waals surface area contributed by atoms with E-state index in [4.69, 9.17) is 0 Å². The molecule has 2 N–H and O–H groups in total. The molecule has 20 heavy (non-hydrogen) atoms. The fourth-order valence-electron chi connectivity index (χ4n) is 2.77. The minimum Gasteiger partial charge on any atom is -0.356 e. The van der Waals surface area contributed by atoms with E-state index < -0.39 is 0 Å². The van der Waals surface area contributed by atoms with Crippen LogP contribution in [0.2, 0.25) is 0 Å². The highest BCUT2D eigenvalue weighted by atomic mass is 16.1. The van der Waals surface area contributed by atoms with E-state index in [0.29, 0.717) is 18.4 Å². The maximum absolute atomic E-state index is 11.6. The van der Waals surface area contributed by atoms with E-state index in [2.05, 4.69) is 43.2 Å². The molecule has 118 valence electrons. The molecule has 2 unspecified atom stereocenters. The average Bonchev–Trinajstić information content (AvgIpc) is 2.45. The number of rotatable bonds is 8. The van der Waals surface area contributed by atoms with E-state index >= 15 is 0 Å². The van der Waals surface area contributed by atoms with E-state index in [0.717, 1.165) is 25.6 Å². The Balaban J connectivity index is 2.16. The molecule has 4 nitrogen and oxygen atoms in total. The van der Waals surface area contributed by atoms with Crippen LogP contribution in [-0.4, -0.2) is 49.6 Å². The molecule has 0 spiro atoms. The normalized spacial score (nSPS) is 21.9. The first-order valence-electron chi connectivity index (χ1n) is 8.25. The van der Waals surface area contributed by atoms with Gasteiger partial charge >= 0.3 is 0 Å². The van der Waals surface area contributed by atoms with Gasteiger partial charge in [0.25, 0.3) is 0 Å². The number of hydrogen-bond acceptors (Lipinski definition) is 3. The lowest BCUT2D eigenvalue weighted by Gasteiger charge is -2.35. The van der Waals surface area contributed by atoms with E-state index in [9.17, 15) is 4.79 Å². The average molecular weight is 283 g/mol. The van der Waals surface area contributed by atoms with Gasteiger partial charge in [0.2, 0.25) is 5.91 Å². The number of likely N-dealkylation sites (tertiary alicyclic amines) is 1. The molecule has 1 saturated heterocycles. The second-order valence-electron chi connectivity index (χ2n) is 6.49. The lowest BCUT2D eigenvalue weighted by molar-refractivity contribution is -0.121. The number of nitrogens with zero attached hydrogens (tertiary/aromatic N) is 1. The number of amides is 1. The Labute approximate surface area is 124 Å². The summed E-state index contributed by atoms with van der Waals surface area (Å²) >= 11 is 0. The van der Waals surface area contributed by atoms with Crippen molar-refractivity contribution in [3.8, 4) is 0 Å². The third-order valence-electron chi connectivity index (χ3n) is 4.22. The number of carbonyl (C=O) groups excluding carboxylic acids is 1. The molecule has 0 bridgehead atoms. The predicted molar refractivity (Wildman–Crippen MR) is 84.8 cm³/mol. The van der Waals surface area contributed by atoms with Crippen molar-refractivity contribution in [1.29, 1.82) is 0 Å². The molecule has 0 radical (unpaired) electrons. The van der Waals surface area contributed by atoms with Crippen molar-refractivity contribution in [3.63, 3.8) is 0 Å². The van der Waals surface area contributed by atoms with Gasteiger partial charge in [-0.05, 0) is 44.7 Å². The van der Waals surface area contributed by atoms with Crippen molar-refractivity contribution in [1.82, 2.24) is 15.5 Å². The van der Waals surface area contributed by atoms with Gasteiger partial charge in [0, 0.05) is 32.1 Å². The van der Waals surface area contributed by atoms with Gasteiger partial charge in [0.1, 0.15) is 0 Å². The second kappa shape index (κ2) is 9.35.